The highest BCUT2D eigenvalue weighted by Crippen LogP contribution is 2.31. The van der Waals surface area contributed by atoms with E-state index in [0.717, 1.165) is 11.1 Å². The first-order chi connectivity index (χ1) is 13.9. The normalized spacial score (nSPS) is 16.5. The second-order valence-electron chi connectivity index (χ2n) is 6.68. The number of hydrogen-bond donors (Lipinski definition) is 1. The fourth-order valence-corrected chi connectivity index (χ4v) is 3.07. The average Bonchev–Trinajstić information content (AvgIpc) is 2.70. The van der Waals surface area contributed by atoms with Crippen molar-refractivity contribution in [3.63, 3.8) is 0 Å². The lowest BCUT2D eigenvalue weighted by molar-refractivity contribution is -0.139. The molecule has 6 nitrogen and oxygen atoms in total. The topological polar surface area (TPSA) is 67.9 Å². The van der Waals surface area contributed by atoms with Crippen molar-refractivity contribution in [3.8, 4) is 5.75 Å². The Hall–Kier alpha value is -3.35. The van der Waals surface area contributed by atoms with Crippen LogP contribution in [0.5, 0.6) is 5.75 Å². The van der Waals surface area contributed by atoms with E-state index >= 15 is 0 Å². The summed E-state index contributed by atoms with van der Waals surface area (Å²) >= 11 is 0. The van der Waals surface area contributed by atoms with Crippen LogP contribution >= 0.6 is 0 Å². The van der Waals surface area contributed by atoms with Gasteiger partial charge < -0.3 is 14.8 Å². The minimum atomic E-state index is -0.662. The molecule has 1 aliphatic heterocycles. The van der Waals surface area contributed by atoms with Gasteiger partial charge in [-0.25, -0.2) is 14.0 Å². The van der Waals surface area contributed by atoms with Gasteiger partial charge in [-0.2, -0.15) is 0 Å². The Morgan fingerprint density at radius 1 is 1.14 bits per heavy atom. The molecule has 7 heteroatoms. The van der Waals surface area contributed by atoms with Crippen molar-refractivity contribution in [2.75, 3.05) is 20.3 Å². The third-order valence-electron chi connectivity index (χ3n) is 4.67. The maximum Gasteiger partial charge on any atom is 0.338 e. The first-order valence-electron chi connectivity index (χ1n) is 9.30. The number of benzene rings is 2. The van der Waals surface area contributed by atoms with Gasteiger partial charge in [0.05, 0.1) is 23.9 Å². The monoisotopic (exact) mass is 398 g/mol. The molecular formula is C22H23FN2O4. The number of carbonyl (C=O) groups excluding carboxylic acids is 2. The number of amides is 2. The van der Waals surface area contributed by atoms with E-state index in [1.807, 2.05) is 31.2 Å². The van der Waals surface area contributed by atoms with Gasteiger partial charge in [0, 0.05) is 7.05 Å². The average molecular weight is 398 g/mol. The summed E-state index contributed by atoms with van der Waals surface area (Å²) in [6.07, 6.45) is 0. The van der Waals surface area contributed by atoms with Crippen molar-refractivity contribution in [2.24, 2.45) is 0 Å². The molecule has 1 atom stereocenters. The van der Waals surface area contributed by atoms with E-state index in [-0.39, 0.29) is 25.1 Å². The standard InChI is InChI=1S/C22H23FN2O4/c1-4-28-21(26)19-18(13-29-17-11-9-16(23)10-12-17)25(3)22(27)24-20(19)15-7-5-14(2)6-8-15/h5-12,20H,4,13H2,1-3H3,(H,24,27). The third kappa shape index (κ3) is 4.56. The molecule has 0 saturated heterocycles. The molecular weight excluding hydrogens is 375 g/mol. The van der Waals surface area contributed by atoms with Gasteiger partial charge in [-0.3, -0.25) is 4.90 Å². The molecule has 0 aromatic heterocycles. The van der Waals surface area contributed by atoms with Crippen LogP contribution in [0.1, 0.15) is 24.1 Å². The number of halogens is 1. The number of urea groups is 1. The van der Waals surface area contributed by atoms with E-state index in [1.165, 1.54) is 29.2 Å². The highest BCUT2D eigenvalue weighted by atomic mass is 19.1. The van der Waals surface area contributed by atoms with Gasteiger partial charge in [-0.15, -0.1) is 0 Å². The van der Waals surface area contributed by atoms with Gasteiger partial charge in [-0.1, -0.05) is 29.8 Å². The summed E-state index contributed by atoms with van der Waals surface area (Å²) in [6.45, 7) is 3.83. The molecule has 29 heavy (non-hydrogen) atoms. The van der Waals surface area contributed by atoms with Crippen molar-refractivity contribution in [3.05, 3.63) is 76.7 Å². The zero-order valence-electron chi connectivity index (χ0n) is 16.6. The maximum absolute atomic E-state index is 13.1. The number of hydrogen-bond acceptors (Lipinski definition) is 4. The highest BCUT2D eigenvalue weighted by molar-refractivity contribution is 5.95. The fourth-order valence-electron chi connectivity index (χ4n) is 3.07. The van der Waals surface area contributed by atoms with Gasteiger partial charge in [0.2, 0.25) is 0 Å². The Labute approximate surface area is 168 Å². The molecule has 0 saturated carbocycles. The summed E-state index contributed by atoms with van der Waals surface area (Å²) < 4.78 is 24.1. The number of likely N-dealkylation sites (N-methyl/N-ethyl adjacent to an activating group) is 1. The second kappa shape index (κ2) is 8.77. The van der Waals surface area contributed by atoms with Crippen LogP contribution in [-0.2, 0) is 9.53 Å². The summed E-state index contributed by atoms with van der Waals surface area (Å²) in [5.41, 5.74) is 2.52. The molecule has 1 aliphatic rings. The number of aryl methyl sites for hydroxylation is 1. The number of nitrogens with one attached hydrogen (secondary N) is 1. The van der Waals surface area contributed by atoms with Crippen LogP contribution in [-0.4, -0.2) is 37.2 Å². The van der Waals surface area contributed by atoms with E-state index in [2.05, 4.69) is 5.32 Å². The van der Waals surface area contributed by atoms with Crippen molar-refractivity contribution in [2.45, 2.75) is 19.9 Å². The molecule has 3 rings (SSSR count). The second-order valence-corrected chi connectivity index (χ2v) is 6.68. The van der Waals surface area contributed by atoms with E-state index in [0.29, 0.717) is 17.0 Å². The summed E-state index contributed by atoms with van der Waals surface area (Å²) in [4.78, 5) is 26.7. The Kier molecular flexibility index (Phi) is 6.16. The van der Waals surface area contributed by atoms with Gasteiger partial charge in [0.25, 0.3) is 0 Å². The first-order valence-corrected chi connectivity index (χ1v) is 9.30. The number of nitrogens with zero attached hydrogens (tertiary/aromatic N) is 1. The van der Waals surface area contributed by atoms with Gasteiger partial charge >= 0.3 is 12.0 Å². The van der Waals surface area contributed by atoms with E-state index < -0.39 is 12.0 Å². The third-order valence-corrected chi connectivity index (χ3v) is 4.67. The van der Waals surface area contributed by atoms with E-state index in [1.54, 1.807) is 14.0 Å². The lowest BCUT2D eigenvalue weighted by Crippen LogP contribution is -2.48. The Morgan fingerprint density at radius 3 is 2.41 bits per heavy atom. The zero-order chi connectivity index (χ0) is 21.0. The molecule has 0 aliphatic carbocycles. The van der Waals surface area contributed by atoms with Crippen LogP contribution in [0.2, 0.25) is 0 Å². The van der Waals surface area contributed by atoms with Gasteiger partial charge in [-0.05, 0) is 43.7 Å². The largest absolute Gasteiger partial charge is 0.487 e. The Bertz CT molecular complexity index is 923. The predicted octanol–water partition coefficient (Wildman–Crippen LogP) is 3.73. The minimum absolute atomic E-state index is 0.0495. The SMILES string of the molecule is CCOC(=O)C1=C(COc2ccc(F)cc2)N(C)C(=O)NC1c1ccc(C)cc1. The minimum Gasteiger partial charge on any atom is -0.487 e. The van der Waals surface area contributed by atoms with Crippen LogP contribution in [0.25, 0.3) is 0 Å². The van der Waals surface area contributed by atoms with Crippen LogP contribution in [0, 0.1) is 12.7 Å². The van der Waals surface area contributed by atoms with Crippen LogP contribution in [0.15, 0.2) is 59.8 Å². The molecule has 0 radical (unpaired) electrons. The molecule has 0 spiro atoms. The van der Waals surface area contributed by atoms with Crippen LogP contribution < -0.4 is 10.1 Å². The summed E-state index contributed by atoms with van der Waals surface area (Å²) in [5.74, 6) is -0.478. The molecule has 1 unspecified atom stereocenters. The number of carbonyl (C=O) groups is 2. The summed E-state index contributed by atoms with van der Waals surface area (Å²) in [7, 11) is 1.56. The highest BCUT2D eigenvalue weighted by Gasteiger charge is 2.37. The summed E-state index contributed by atoms with van der Waals surface area (Å²) in [5, 5.41) is 2.85. The van der Waals surface area contributed by atoms with E-state index in [4.69, 9.17) is 9.47 Å². The van der Waals surface area contributed by atoms with Crippen LogP contribution in [0.3, 0.4) is 0 Å². The smallest absolute Gasteiger partial charge is 0.338 e. The molecule has 2 aromatic rings. The lowest BCUT2D eigenvalue weighted by Gasteiger charge is -2.34. The molecule has 1 N–H and O–H groups in total. The van der Waals surface area contributed by atoms with E-state index in [9.17, 15) is 14.0 Å². The Balaban J connectivity index is 2.01. The number of esters is 1. The molecule has 0 fully saturated rings. The van der Waals surface area contributed by atoms with Gasteiger partial charge in [0.1, 0.15) is 18.2 Å². The molecule has 0 bridgehead atoms. The predicted molar refractivity (Wildman–Crippen MR) is 106 cm³/mol. The Morgan fingerprint density at radius 2 is 1.79 bits per heavy atom. The van der Waals surface area contributed by atoms with Crippen molar-refractivity contribution in [1.29, 1.82) is 0 Å². The first kappa shape index (κ1) is 20.4. The quantitative estimate of drug-likeness (QED) is 0.753. The van der Waals surface area contributed by atoms with Crippen molar-refractivity contribution in [1.82, 2.24) is 10.2 Å². The number of rotatable bonds is 6. The maximum atomic E-state index is 13.1. The van der Waals surface area contributed by atoms with Crippen molar-refractivity contribution < 1.29 is 23.5 Å². The molecule has 2 amide bonds. The van der Waals surface area contributed by atoms with Gasteiger partial charge in [0.15, 0.2) is 0 Å². The molecule has 2 aromatic carbocycles. The van der Waals surface area contributed by atoms with Crippen LogP contribution in [0.4, 0.5) is 9.18 Å². The molecule has 1 heterocycles. The lowest BCUT2D eigenvalue weighted by atomic mass is 9.94. The summed E-state index contributed by atoms with van der Waals surface area (Å²) in [6, 6.07) is 12.1. The van der Waals surface area contributed by atoms with Crippen molar-refractivity contribution >= 4 is 12.0 Å². The molecule has 152 valence electrons. The fraction of sp³-hybridized carbons (Fsp3) is 0.273. The zero-order valence-corrected chi connectivity index (χ0v) is 16.6. The number of ether oxygens (including phenoxy) is 2.